The van der Waals surface area contributed by atoms with E-state index in [0.29, 0.717) is 17.5 Å². The Kier molecular flexibility index (Phi) is 4.51. The van der Waals surface area contributed by atoms with Gasteiger partial charge in [0.1, 0.15) is 0 Å². The van der Waals surface area contributed by atoms with Crippen molar-refractivity contribution in [2.24, 2.45) is 5.41 Å². The molecule has 6 rings (SSSR count). The van der Waals surface area contributed by atoms with E-state index in [4.69, 9.17) is 0 Å². The highest BCUT2D eigenvalue weighted by atomic mass is 15.2. The molecule has 3 nitrogen and oxygen atoms in total. The van der Waals surface area contributed by atoms with Crippen molar-refractivity contribution in [3.63, 3.8) is 0 Å². The monoisotopic (exact) mass is 399 g/mol. The molecule has 0 saturated carbocycles. The van der Waals surface area contributed by atoms with E-state index in [1.165, 1.54) is 61.7 Å². The molecule has 3 aromatic rings. The van der Waals surface area contributed by atoms with E-state index in [9.17, 15) is 0 Å². The molecule has 1 fully saturated rings. The van der Waals surface area contributed by atoms with E-state index in [0.717, 1.165) is 13.1 Å². The molecule has 156 valence electrons. The summed E-state index contributed by atoms with van der Waals surface area (Å²) in [7, 11) is 0. The van der Waals surface area contributed by atoms with Crippen LogP contribution in [0.2, 0.25) is 0 Å². The zero-order chi connectivity index (χ0) is 20.1. The molecule has 1 aromatic heterocycles. The van der Waals surface area contributed by atoms with Crippen LogP contribution in [0, 0.1) is 5.41 Å². The number of aromatic nitrogens is 1. The molecule has 0 radical (unpaired) electrons. The zero-order valence-electron chi connectivity index (χ0n) is 18.1. The van der Waals surface area contributed by atoms with Gasteiger partial charge in [0.25, 0.3) is 0 Å². The highest BCUT2D eigenvalue weighted by Gasteiger charge is 2.52. The van der Waals surface area contributed by atoms with Crippen LogP contribution in [0.5, 0.6) is 0 Å². The van der Waals surface area contributed by atoms with E-state index < -0.39 is 0 Å². The fourth-order valence-corrected chi connectivity index (χ4v) is 6.98. The Labute approximate surface area is 180 Å². The standard InChI is InChI=1S/C27H33N3/c1-2-27-14-8-15-29-16-13-23-22-11-6-7-12-24(22)30(25(23)26(27)29)21(17-27)19-28-18-20-9-4-3-5-10-20/h3-7,9-12,21,26,28H,2,8,13-19H2,1H3/t21?,26-,27+/m1/s1. The molecule has 0 bridgehead atoms. The van der Waals surface area contributed by atoms with Gasteiger partial charge < -0.3 is 9.88 Å². The van der Waals surface area contributed by atoms with Gasteiger partial charge in [-0.2, -0.15) is 0 Å². The fraction of sp³-hybridized carbons (Fsp3) is 0.481. The van der Waals surface area contributed by atoms with Gasteiger partial charge in [-0.3, -0.25) is 4.90 Å². The van der Waals surface area contributed by atoms with Gasteiger partial charge in [0, 0.05) is 42.3 Å². The number of nitrogens with zero attached hydrogens (tertiary/aromatic N) is 2. The van der Waals surface area contributed by atoms with Crippen molar-refractivity contribution in [2.75, 3.05) is 19.6 Å². The van der Waals surface area contributed by atoms with E-state index in [2.05, 4.69) is 76.3 Å². The van der Waals surface area contributed by atoms with E-state index in [1.807, 2.05) is 0 Å². The number of hydrogen-bond acceptors (Lipinski definition) is 2. The number of nitrogens with one attached hydrogen (secondary N) is 1. The van der Waals surface area contributed by atoms with Crippen LogP contribution in [0.1, 0.15) is 61.5 Å². The Balaban J connectivity index is 1.43. The van der Waals surface area contributed by atoms with Crippen molar-refractivity contribution >= 4 is 10.9 Å². The quantitative estimate of drug-likeness (QED) is 0.614. The third-order valence-electron chi connectivity index (χ3n) is 8.29. The van der Waals surface area contributed by atoms with Crippen molar-refractivity contribution in [1.29, 1.82) is 0 Å². The average molecular weight is 400 g/mol. The molecule has 1 saturated heterocycles. The molecule has 3 aliphatic heterocycles. The lowest BCUT2D eigenvalue weighted by molar-refractivity contribution is -0.0355. The Morgan fingerprint density at radius 3 is 2.73 bits per heavy atom. The van der Waals surface area contributed by atoms with E-state index >= 15 is 0 Å². The Morgan fingerprint density at radius 2 is 1.87 bits per heavy atom. The molecule has 1 N–H and O–H groups in total. The largest absolute Gasteiger partial charge is 0.338 e. The highest BCUT2D eigenvalue weighted by Crippen LogP contribution is 2.59. The number of para-hydroxylation sites is 1. The zero-order valence-corrected chi connectivity index (χ0v) is 18.1. The lowest BCUT2D eigenvalue weighted by Gasteiger charge is -2.57. The number of benzene rings is 2. The summed E-state index contributed by atoms with van der Waals surface area (Å²) in [5.41, 5.74) is 6.60. The number of hydrogen-bond donors (Lipinski definition) is 1. The van der Waals surface area contributed by atoms with Gasteiger partial charge in [0.15, 0.2) is 0 Å². The second kappa shape index (κ2) is 7.25. The Hall–Kier alpha value is -2.10. The van der Waals surface area contributed by atoms with Crippen molar-refractivity contribution < 1.29 is 0 Å². The van der Waals surface area contributed by atoms with Gasteiger partial charge in [0.05, 0.1) is 6.04 Å². The lowest BCUT2D eigenvalue weighted by atomic mass is 9.63. The van der Waals surface area contributed by atoms with Crippen LogP contribution in [0.25, 0.3) is 10.9 Å². The molecule has 0 spiro atoms. The fourth-order valence-electron chi connectivity index (χ4n) is 6.98. The molecule has 3 atom stereocenters. The maximum atomic E-state index is 3.82. The number of fused-ring (bicyclic) bond motifs is 3. The summed E-state index contributed by atoms with van der Waals surface area (Å²) in [5, 5.41) is 5.33. The first-order valence-electron chi connectivity index (χ1n) is 11.9. The predicted octanol–water partition coefficient (Wildman–Crippen LogP) is 5.47. The van der Waals surface area contributed by atoms with E-state index in [1.54, 1.807) is 11.3 Å². The Bertz CT molecular complexity index is 1050. The SMILES string of the molecule is CC[C@]12CCCN3CCc4c(n(c5ccccc45)C(CNCc4ccccc4)C1)[C@@H]32. The van der Waals surface area contributed by atoms with Gasteiger partial charge in [-0.15, -0.1) is 0 Å². The van der Waals surface area contributed by atoms with E-state index in [-0.39, 0.29) is 0 Å². The molecule has 3 heteroatoms. The summed E-state index contributed by atoms with van der Waals surface area (Å²) in [6, 6.07) is 21.2. The van der Waals surface area contributed by atoms with Gasteiger partial charge in [-0.25, -0.2) is 0 Å². The smallest absolute Gasteiger partial charge is 0.0561 e. The third-order valence-corrected chi connectivity index (χ3v) is 8.29. The molecular weight excluding hydrogens is 366 g/mol. The van der Waals surface area contributed by atoms with Crippen molar-refractivity contribution in [1.82, 2.24) is 14.8 Å². The summed E-state index contributed by atoms with van der Waals surface area (Å²) in [5.74, 6) is 0. The third kappa shape index (κ3) is 2.72. The first kappa shape index (κ1) is 18.7. The van der Waals surface area contributed by atoms with Crippen LogP contribution in [-0.2, 0) is 13.0 Å². The van der Waals surface area contributed by atoms with Gasteiger partial charge in [-0.05, 0) is 61.3 Å². The summed E-state index contributed by atoms with van der Waals surface area (Å²) >= 11 is 0. The minimum atomic E-state index is 0.441. The molecule has 1 unspecified atom stereocenters. The van der Waals surface area contributed by atoms with Crippen LogP contribution in [-0.4, -0.2) is 29.1 Å². The molecule has 0 amide bonds. The van der Waals surface area contributed by atoms with Gasteiger partial charge in [-0.1, -0.05) is 55.5 Å². The van der Waals surface area contributed by atoms with Crippen LogP contribution in [0.4, 0.5) is 0 Å². The first-order chi connectivity index (χ1) is 14.8. The molecule has 3 aliphatic rings. The van der Waals surface area contributed by atoms with Crippen LogP contribution in [0.15, 0.2) is 54.6 Å². The van der Waals surface area contributed by atoms with Gasteiger partial charge >= 0.3 is 0 Å². The summed E-state index contributed by atoms with van der Waals surface area (Å²) < 4.78 is 2.76. The van der Waals surface area contributed by atoms with Crippen molar-refractivity contribution in [3.8, 4) is 0 Å². The molecule has 4 heterocycles. The molecular formula is C27H33N3. The second-order valence-corrected chi connectivity index (χ2v) is 9.73. The average Bonchev–Trinajstić information content (AvgIpc) is 3.14. The lowest BCUT2D eigenvalue weighted by Crippen LogP contribution is -2.53. The maximum Gasteiger partial charge on any atom is 0.0561 e. The molecule has 30 heavy (non-hydrogen) atoms. The Morgan fingerprint density at radius 1 is 1.03 bits per heavy atom. The summed E-state index contributed by atoms with van der Waals surface area (Å²) in [6.45, 7) is 6.97. The minimum Gasteiger partial charge on any atom is -0.338 e. The van der Waals surface area contributed by atoms with Crippen molar-refractivity contribution in [2.45, 2.75) is 57.7 Å². The van der Waals surface area contributed by atoms with Crippen molar-refractivity contribution in [3.05, 3.63) is 71.4 Å². The maximum absolute atomic E-state index is 3.82. The molecule has 2 aromatic carbocycles. The van der Waals surface area contributed by atoms with Crippen LogP contribution in [0.3, 0.4) is 0 Å². The summed E-state index contributed by atoms with van der Waals surface area (Å²) in [4.78, 5) is 2.83. The summed E-state index contributed by atoms with van der Waals surface area (Å²) in [6.07, 6.45) is 6.57. The first-order valence-corrected chi connectivity index (χ1v) is 11.9. The topological polar surface area (TPSA) is 20.2 Å². The predicted molar refractivity (Wildman–Crippen MR) is 124 cm³/mol. The minimum absolute atomic E-state index is 0.441. The molecule has 0 aliphatic carbocycles. The normalized spacial score (nSPS) is 27.9. The number of rotatable bonds is 5. The van der Waals surface area contributed by atoms with Crippen LogP contribution < -0.4 is 5.32 Å². The number of piperidine rings is 1. The second-order valence-electron chi connectivity index (χ2n) is 9.73. The van der Waals surface area contributed by atoms with Gasteiger partial charge in [0.2, 0.25) is 0 Å². The highest BCUT2D eigenvalue weighted by molar-refractivity contribution is 5.86. The van der Waals surface area contributed by atoms with Crippen LogP contribution >= 0.6 is 0 Å².